The second kappa shape index (κ2) is 8.65. The summed E-state index contributed by atoms with van der Waals surface area (Å²) in [5, 5.41) is 14.5. The zero-order valence-corrected chi connectivity index (χ0v) is 18.6. The van der Waals surface area contributed by atoms with Crippen molar-refractivity contribution >= 4 is 28.6 Å². The van der Waals surface area contributed by atoms with E-state index in [1.807, 2.05) is 36.9 Å². The number of carbonyl (C=O) groups is 2. The third kappa shape index (κ3) is 4.06. The van der Waals surface area contributed by atoms with Gasteiger partial charge in [0.05, 0.1) is 28.9 Å². The maximum Gasteiger partial charge on any atom is 0.267 e. The fourth-order valence-corrected chi connectivity index (χ4v) is 4.44. The van der Waals surface area contributed by atoms with Crippen LogP contribution in [0.1, 0.15) is 41.8 Å². The van der Waals surface area contributed by atoms with Crippen molar-refractivity contribution in [3.8, 4) is 0 Å². The number of nitrogens with zero attached hydrogens (tertiary/aromatic N) is 4. The molecule has 2 amide bonds. The van der Waals surface area contributed by atoms with Gasteiger partial charge in [0.2, 0.25) is 6.10 Å². The van der Waals surface area contributed by atoms with Crippen molar-refractivity contribution in [2.24, 2.45) is 11.1 Å². The van der Waals surface area contributed by atoms with Crippen molar-refractivity contribution in [2.45, 2.75) is 45.4 Å². The van der Waals surface area contributed by atoms with Crippen molar-refractivity contribution in [3.63, 3.8) is 0 Å². The van der Waals surface area contributed by atoms with Gasteiger partial charge >= 0.3 is 0 Å². The highest BCUT2D eigenvalue weighted by Crippen LogP contribution is 2.27. The Labute approximate surface area is 191 Å². The van der Waals surface area contributed by atoms with E-state index in [4.69, 9.17) is 4.84 Å². The molecule has 9 heteroatoms. The molecule has 1 aromatic carbocycles. The number of amides is 2. The van der Waals surface area contributed by atoms with E-state index in [9.17, 15) is 9.59 Å². The fourth-order valence-electron chi connectivity index (χ4n) is 4.44. The standard InChI is InChI=1S/C24H26N6O3/c1-14(2)20-10-21(33-29-20)24(32)30-13-16-6-4-3-5-15(16)9-17(30)11-26-23(31)18-7-8-25-22-19(18)12-27-28-22/h3-8,12,14,17,21H,9-11,13H2,1-2H3,(H,26,31)(H,25,27,28). The highest BCUT2D eigenvalue weighted by molar-refractivity contribution is 6.05. The normalized spacial score (nSPS) is 19.8. The molecule has 0 saturated carbocycles. The molecule has 2 N–H and O–H groups in total. The number of hydrogen-bond donors (Lipinski definition) is 2. The predicted molar refractivity (Wildman–Crippen MR) is 122 cm³/mol. The summed E-state index contributed by atoms with van der Waals surface area (Å²) in [7, 11) is 0. The van der Waals surface area contributed by atoms with Gasteiger partial charge in [0.25, 0.3) is 11.8 Å². The summed E-state index contributed by atoms with van der Waals surface area (Å²) in [4.78, 5) is 37.9. The van der Waals surface area contributed by atoms with Crippen molar-refractivity contribution in [3.05, 3.63) is 59.4 Å². The summed E-state index contributed by atoms with van der Waals surface area (Å²) in [5.41, 5.74) is 4.26. The molecule has 5 rings (SSSR count). The highest BCUT2D eigenvalue weighted by atomic mass is 16.6. The van der Waals surface area contributed by atoms with Gasteiger partial charge in [0, 0.05) is 25.7 Å². The zero-order chi connectivity index (χ0) is 22.9. The first-order chi connectivity index (χ1) is 16.0. The zero-order valence-electron chi connectivity index (χ0n) is 18.6. The summed E-state index contributed by atoms with van der Waals surface area (Å²) in [6.45, 7) is 4.89. The number of pyridine rings is 1. The predicted octanol–water partition coefficient (Wildman–Crippen LogP) is 2.44. The van der Waals surface area contributed by atoms with Crippen LogP contribution in [0.2, 0.25) is 0 Å². The van der Waals surface area contributed by atoms with Crippen molar-refractivity contribution in [1.82, 2.24) is 25.4 Å². The number of H-pyrrole nitrogens is 1. The average molecular weight is 447 g/mol. The molecule has 170 valence electrons. The lowest BCUT2D eigenvalue weighted by Gasteiger charge is -2.38. The summed E-state index contributed by atoms with van der Waals surface area (Å²) in [6, 6.07) is 9.59. The lowest BCUT2D eigenvalue weighted by Crippen LogP contribution is -2.52. The number of rotatable bonds is 5. The van der Waals surface area contributed by atoms with Crippen LogP contribution in [0.4, 0.5) is 0 Å². The van der Waals surface area contributed by atoms with Gasteiger partial charge in [-0.1, -0.05) is 43.3 Å². The van der Waals surface area contributed by atoms with Crippen LogP contribution in [0, 0.1) is 5.92 Å². The van der Waals surface area contributed by atoms with E-state index in [1.165, 1.54) is 5.56 Å². The molecule has 0 aliphatic carbocycles. The Morgan fingerprint density at radius 1 is 1.21 bits per heavy atom. The van der Waals surface area contributed by atoms with Gasteiger partial charge in [-0.25, -0.2) is 4.98 Å². The van der Waals surface area contributed by atoms with Crippen molar-refractivity contribution in [2.75, 3.05) is 6.54 Å². The van der Waals surface area contributed by atoms with E-state index in [0.717, 1.165) is 11.3 Å². The van der Waals surface area contributed by atoms with Gasteiger partial charge in [0.15, 0.2) is 5.65 Å². The molecule has 0 bridgehead atoms. The molecule has 0 radical (unpaired) electrons. The van der Waals surface area contributed by atoms with Crippen LogP contribution >= 0.6 is 0 Å². The summed E-state index contributed by atoms with van der Waals surface area (Å²) >= 11 is 0. The average Bonchev–Trinajstić information content (AvgIpc) is 3.51. The Morgan fingerprint density at radius 3 is 2.82 bits per heavy atom. The third-order valence-corrected chi connectivity index (χ3v) is 6.37. The number of benzene rings is 1. The van der Waals surface area contributed by atoms with E-state index in [-0.39, 0.29) is 23.8 Å². The Bertz CT molecular complexity index is 1230. The van der Waals surface area contributed by atoms with Gasteiger partial charge < -0.3 is 15.1 Å². The number of aromatic nitrogens is 3. The van der Waals surface area contributed by atoms with E-state index in [1.54, 1.807) is 18.5 Å². The first-order valence-corrected chi connectivity index (χ1v) is 11.2. The van der Waals surface area contributed by atoms with E-state index in [0.29, 0.717) is 42.5 Å². The summed E-state index contributed by atoms with van der Waals surface area (Å²) in [6.07, 6.45) is 3.71. The van der Waals surface area contributed by atoms with E-state index < -0.39 is 6.10 Å². The molecule has 0 saturated heterocycles. The number of hydrogen-bond acceptors (Lipinski definition) is 6. The van der Waals surface area contributed by atoms with Crippen molar-refractivity contribution in [1.29, 1.82) is 0 Å². The summed E-state index contributed by atoms with van der Waals surface area (Å²) < 4.78 is 0. The van der Waals surface area contributed by atoms with Crippen LogP contribution in [-0.2, 0) is 22.6 Å². The first-order valence-electron chi connectivity index (χ1n) is 11.2. The van der Waals surface area contributed by atoms with Crippen LogP contribution in [0.25, 0.3) is 11.0 Å². The maximum atomic E-state index is 13.4. The van der Waals surface area contributed by atoms with Crippen LogP contribution in [-0.4, -0.2) is 56.3 Å². The van der Waals surface area contributed by atoms with E-state index >= 15 is 0 Å². The van der Waals surface area contributed by atoms with Gasteiger partial charge in [-0.15, -0.1) is 0 Å². The molecule has 0 spiro atoms. The first kappa shape index (κ1) is 21.1. The number of oxime groups is 1. The quantitative estimate of drug-likeness (QED) is 0.625. The molecule has 2 unspecified atom stereocenters. The van der Waals surface area contributed by atoms with Crippen LogP contribution < -0.4 is 5.32 Å². The number of aromatic amines is 1. The van der Waals surface area contributed by atoms with Gasteiger partial charge in [-0.2, -0.15) is 5.10 Å². The van der Waals surface area contributed by atoms with Gasteiger partial charge in [-0.3, -0.25) is 14.7 Å². The molecule has 33 heavy (non-hydrogen) atoms. The smallest absolute Gasteiger partial charge is 0.267 e. The Kier molecular flexibility index (Phi) is 5.53. The van der Waals surface area contributed by atoms with Crippen LogP contribution in [0.5, 0.6) is 0 Å². The molecule has 0 fully saturated rings. The van der Waals surface area contributed by atoms with Gasteiger partial charge in [0.1, 0.15) is 0 Å². The molecular weight excluding hydrogens is 420 g/mol. The fraction of sp³-hybridized carbons (Fsp3) is 0.375. The summed E-state index contributed by atoms with van der Waals surface area (Å²) in [5.74, 6) is -0.0815. The third-order valence-electron chi connectivity index (χ3n) is 6.37. The Hall–Kier alpha value is -3.75. The minimum absolute atomic E-state index is 0.0933. The molecule has 2 aromatic heterocycles. The van der Waals surface area contributed by atoms with E-state index in [2.05, 4.69) is 31.7 Å². The Balaban J connectivity index is 1.34. The van der Waals surface area contributed by atoms with Gasteiger partial charge in [-0.05, 0) is 29.5 Å². The monoisotopic (exact) mass is 446 g/mol. The Morgan fingerprint density at radius 2 is 2.03 bits per heavy atom. The number of nitrogens with one attached hydrogen (secondary N) is 2. The minimum Gasteiger partial charge on any atom is -0.382 e. The highest BCUT2D eigenvalue weighted by Gasteiger charge is 2.38. The second-order valence-electron chi connectivity index (χ2n) is 8.83. The molecular formula is C24H26N6O3. The number of fused-ring (bicyclic) bond motifs is 2. The minimum atomic E-state index is -0.614. The van der Waals surface area contributed by atoms with Crippen LogP contribution in [0.3, 0.4) is 0 Å². The topological polar surface area (TPSA) is 113 Å². The van der Waals surface area contributed by atoms with Crippen molar-refractivity contribution < 1.29 is 14.4 Å². The maximum absolute atomic E-state index is 13.4. The molecule has 2 aliphatic rings. The second-order valence-corrected chi connectivity index (χ2v) is 8.83. The molecule has 3 aromatic rings. The molecule has 2 atom stereocenters. The lowest BCUT2D eigenvalue weighted by molar-refractivity contribution is -0.145. The molecule has 4 heterocycles. The largest absolute Gasteiger partial charge is 0.382 e. The SMILES string of the molecule is CC(C)C1=NOC(C(=O)N2Cc3ccccc3CC2CNC(=O)c2ccnc3[nH]ncc23)C1. The van der Waals surface area contributed by atoms with Crippen LogP contribution in [0.15, 0.2) is 47.9 Å². The number of carbonyl (C=O) groups excluding carboxylic acids is 2. The lowest BCUT2D eigenvalue weighted by atomic mass is 9.92. The molecule has 9 nitrogen and oxygen atoms in total. The molecule has 2 aliphatic heterocycles.